The van der Waals surface area contributed by atoms with E-state index in [1.807, 2.05) is 24.3 Å². The average Bonchev–Trinajstić information content (AvgIpc) is 2.47. The Labute approximate surface area is 122 Å². The minimum Gasteiger partial charge on any atom is -0.492 e. The van der Waals surface area contributed by atoms with Crippen LogP contribution in [0.1, 0.15) is 31.7 Å². The molecule has 0 saturated carbocycles. The van der Waals surface area contributed by atoms with Crippen molar-refractivity contribution in [2.75, 3.05) is 33.4 Å². The van der Waals surface area contributed by atoms with Gasteiger partial charge < -0.3 is 14.7 Å². The van der Waals surface area contributed by atoms with E-state index < -0.39 is 0 Å². The molecule has 0 aromatic heterocycles. The van der Waals surface area contributed by atoms with Crippen molar-refractivity contribution >= 4 is 0 Å². The summed E-state index contributed by atoms with van der Waals surface area (Å²) in [5.41, 5.74) is 0.950. The molecule has 1 N–H and O–H groups in total. The van der Waals surface area contributed by atoms with Gasteiger partial charge in [-0.3, -0.25) is 0 Å². The van der Waals surface area contributed by atoms with Gasteiger partial charge in [0, 0.05) is 18.5 Å². The molecule has 0 aliphatic carbocycles. The van der Waals surface area contributed by atoms with Crippen LogP contribution in [0.3, 0.4) is 0 Å². The molecule has 0 radical (unpaired) electrons. The topological polar surface area (TPSA) is 32.7 Å². The third-order valence-electron chi connectivity index (χ3n) is 2.96. The van der Waals surface area contributed by atoms with Crippen LogP contribution in [-0.2, 0) is 0 Å². The van der Waals surface area contributed by atoms with E-state index in [1.165, 1.54) is 12.8 Å². The van der Waals surface area contributed by atoms with Crippen molar-refractivity contribution in [3.8, 4) is 17.6 Å². The molecule has 0 fully saturated rings. The first-order valence-electron chi connectivity index (χ1n) is 7.27. The second-order valence-corrected chi connectivity index (χ2v) is 4.81. The van der Waals surface area contributed by atoms with E-state index >= 15 is 0 Å². The van der Waals surface area contributed by atoms with E-state index in [0.29, 0.717) is 13.0 Å². The Morgan fingerprint density at radius 2 is 1.95 bits per heavy atom. The highest BCUT2D eigenvalue weighted by atomic mass is 16.5. The van der Waals surface area contributed by atoms with Gasteiger partial charge in [-0.2, -0.15) is 0 Å². The van der Waals surface area contributed by atoms with Crippen molar-refractivity contribution in [1.82, 2.24) is 4.90 Å². The number of aliphatic hydroxyl groups is 1. The summed E-state index contributed by atoms with van der Waals surface area (Å²) in [6.07, 6.45) is 2.98. The molecule has 1 aromatic carbocycles. The highest BCUT2D eigenvalue weighted by molar-refractivity contribution is 5.38. The van der Waals surface area contributed by atoms with E-state index in [2.05, 4.69) is 30.7 Å². The Balaban J connectivity index is 2.30. The fraction of sp³-hybridized carbons (Fsp3) is 0.529. The minimum atomic E-state index is 0.111. The van der Waals surface area contributed by atoms with Crippen molar-refractivity contribution in [2.45, 2.75) is 26.2 Å². The van der Waals surface area contributed by atoms with Crippen LogP contribution in [0, 0.1) is 11.8 Å². The summed E-state index contributed by atoms with van der Waals surface area (Å²) in [5, 5.41) is 8.66. The number of hydrogen-bond acceptors (Lipinski definition) is 3. The lowest BCUT2D eigenvalue weighted by Gasteiger charge is -2.16. The van der Waals surface area contributed by atoms with Crippen molar-refractivity contribution in [1.29, 1.82) is 0 Å². The largest absolute Gasteiger partial charge is 0.492 e. The zero-order valence-electron chi connectivity index (χ0n) is 12.6. The van der Waals surface area contributed by atoms with Gasteiger partial charge >= 0.3 is 0 Å². The Kier molecular flexibility index (Phi) is 8.53. The predicted molar refractivity (Wildman–Crippen MR) is 82.9 cm³/mol. The maximum Gasteiger partial charge on any atom is 0.119 e. The van der Waals surface area contributed by atoms with E-state index in [0.717, 1.165) is 24.4 Å². The molecule has 0 atom stereocenters. The summed E-state index contributed by atoms with van der Waals surface area (Å²) in [6, 6.07) is 7.77. The Morgan fingerprint density at radius 3 is 2.60 bits per heavy atom. The number of benzene rings is 1. The number of nitrogens with zero attached hydrogens (tertiary/aromatic N) is 1. The summed E-state index contributed by atoms with van der Waals surface area (Å²) in [6.45, 7) is 5.09. The molecule has 0 unspecified atom stereocenters. The van der Waals surface area contributed by atoms with Crippen molar-refractivity contribution < 1.29 is 9.84 Å². The number of hydrogen-bond donors (Lipinski definition) is 1. The summed E-state index contributed by atoms with van der Waals surface area (Å²) < 4.78 is 5.71. The molecule has 0 spiro atoms. The van der Waals surface area contributed by atoms with Crippen molar-refractivity contribution in [3.05, 3.63) is 29.8 Å². The summed E-state index contributed by atoms with van der Waals surface area (Å²) in [5.74, 6) is 6.77. The molecule has 0 amide bonds. The Hall–Kier alpha value is -1.50. The van der Waals surface area contributed by atoms with Gasteiger partial charge in [-0.25, -0.2) is 0 Å². The fourth-order valence-electron chi connectivity index (χ4n) is 1.71. The molecule has 20 heavy (non-hydrogen) atoms. The van der Waals surface area contributed by atoms with Crippen LogP contribution in [0.4, 0.5) is 0 Å². The molecule has 1 aromatic rings. The highest BCUT2D eigenvalue weighted by Gasteiger charge is 1.98. The maximum atomic E-state index is 8.66. The van der Waals surface area contributed by atoms with Gasteiger partial charge in [-0.1, -0.05) is 25.2 Å². The normalized spacial score (nSPS) is 10.2. The minimum absolute atomic E-state index is 0.111. The lowest BCUT2D eigenvalue weighted by atomic mass is 10.2. The number of likely N-dealkylation sites (N-methyl/N-ethyl adjacent to an activating group) is 1. The van der Waals surface area contributed by atoms with Gasteiger partial charge in [0.15, 0.2) is 0 Å². The summed E-state index contributed by atoms with van der Waals surface area (Å²) in [4.78, 5) is 2.29. The second-order valence-electron chi connectivity index (χ2n) is 4.81. The molecule has 0 saturated heterocycles. The first-order chi connectivity index (χ1) is 9.76. The molecule has 3 nitrogen and oxygen atoms in total. The maximum absolute atomic E-state index is 8.66. The lowest BCUT2D eigenvalue weighted by Crippen LogP contribution is -2.25. The second kappa shape index (κ2) is 10.3. The number of rotatable bonds is 8. The van der Waals surface area contributed by atoms with Crippen LogP contribution < -0.4 is 4.74 Å². The molecule has 0 aliphatic heterocycles. The number of aliphatic hydroxyl groups excluding tert-OH is 1. The summed E-state index contributed by atoms with van der Waals surface area (Å²) >= 11 is 0. The zero-order valence-corrected chi connectivity index (χ0v) is 12.6. The van der Waals surface area contributed by atoms with Gasteiger partial charge in [0.2, 0.25) is 0 Å². The van der Waals surface area contributed by atoms with Crippen molar-refractivity contribution in [2.24, 2.45) is 0 Å². The third-order valence-corrected chi connectivity index (χ3v) is 2.96. The highest BCUT2D eigenvalue weighted by Crippen LogP contribution is 2.11. The Morgan fingerprint density at radius 1 is 1.20 bits per heavy atom. The third kappa shape index (κ3) is 7.18. The smallest absolute Gasteiger partial charge is 0.119 e. The number of unbranched alkanes of at least 4 members (excludes halogenated alkanes) is 1. The van der Waals surface area contributed by atoms with Gasteiger partial charge in [0.1, 0.15) is 12.4 Å². The van der Waals surface area contributed by atoms with Crippen LogP contribution in [0.5, 0.6) is 5.75 Å². The quantitative estimate of drug-likeness (QED) is 0.740. The van der Waals surface area contributed by atoms with E-state index in [-0.39, 0.29) is 6.61 Å². The first kappa shape index (κ1) is 16.6. The average molecular weight is 275 g/mol. The number of ether oxygens (including phenoxy) is 1. The van der Waals surface area contributed by atoms with Crippen LogP contribution in [0.15, 0.2) is 24.3 Å². The predicted octanol–water partition coefficient (Wildman–Crippen LogP) is 2.53. The molecule has 110 valence electrons. The molecule has 0 heterocycles. The standard InChI is InChI=1S/C17H25NO2/c1-3-4-12-18(2)13-15-20-17-10-8-16(9-11-17)7-5-6-14-19/h8-11,19H,3-4,6,12-15H2,1-2H3. The van der Waals surface area contributed by atoms with Gasteiger partial charge in [0.05, 0.1) is 6.61 Å². The van der Waals surface area contributed by atoms with Gasteiger partial charge in [0.25, 0.3) is 0 Å². The van der Waals surface area contributed by atoms with Gasteiger partial charge in [-0.05, 0) is 44.3 Å². The summed E-state index contributed by atoms with van der Waals surface area (Å²) in [7, 11) is 2.12. The molecule has 0 bridgehead atoms. The molecule has 0 aliphatic rings. The zero-order chi connectivity index (χ0) is 14.6. The molecular weight excluding hydrogens is 250 g/mol. The SMILES string of the molecule is CCCCN(C)CCOc1ccc(C#CCCO)cc1. The van der Waals surface area contributed by atoms with Crippen LogP contribution >= 0.6 is 0 Å². The van der Waals surface area contributed by atoms with Crippen molar-refractivity contribution in [3.63, 3.8) is 0 Å². The Bertz CT molecular complexity index is 417. The van der Waals surface area contributed by atoms with Crippen LogP contribution in [-0.4, -0.2) is 43.4 Å². The molecule has 3 heteroatoms. The monoisotopic (exact) mass is 275 g/mol. The lowest BCUT2D eigenvalue weighted by molar-refractivity contribution is 0.235. The first-order valence-corrected chi connectivity index (χ1v) is 7.27. The van der Waals surface area contributed by atoms with E-state index in [9.17, 15) is 0 Å². The molecule has 1 rings (SSSR count). The fourth-order valence-corrected chi connectivity index (χ4v) is 1.71. The van der Waals surface area contributed by atoms with Gasteiger partial charge in [-0.15, -0.1) is 0 Å². The van der Waals surface area contributed by atoms with Crippen LogP contribution in [0.2, 0.25) is 0 Å². The van der Waals surface area contributed by atoms with Crippen LogP contribution in [0.25, 0.3) is 0 Å². The van der Waals surface area contributed by atoms with E-state index in [1.54, 1.807) is 0 Å². The van der Waals surface area contributed by atoms with E-state index in [4.69, 9.17) is 9.84 Å². The molecular formula is C17H25NO2.